The molecule has 1 aliphatic heterocycles. The molecule has 160 valence electrons. The molecule has 1 aromatic heterocycles. The van der Waals surface area contributed by atoms with Crippen LogP contribution in [0, 0.1) is 0 Å². The summed E-state index contributed by atoms with van der Waals surface area (Å²) >= 11 is 5.22. The van der Waals surface area contributed by atoms with Crippen molar-refractivity contribution in [1.29, 1.82) is 0 Å². The molecule has 30 heavy (non-hydrogen) atoms. The molecular formula is C20H24N4O5S. The lowest BCUT2D eigenvalue weighted by Gasteiger charge is -2.26. The van der Waals surface area contributed by atoms with E-state index in [1.807, 2.05) is 0 Å². The minimum atomic E-state index is -0.602. The molecule has 0 radical (unpaired) electrons. The van der Waals surface area contributed by atoms with Gasteiger partial charge in [0.1, 0.15) is 0 Å². The second-order valence-corrected chi connectivity index (χ2v) is 6.77. The maximum atomic E-state index is 12.0. The van der Waals surface area contributed by atoms with Gasteiger partial charge in [-0.15, -0.1) is 0 Å². The summed E-state index contributed by atoms with van der Waals surface area (Å²) in [6.45, 7) is 5.05. The number of furan rings is 1. The van der Waals surface area contributed by atoms with Crippen LogP contribution in [0.5, 0.6) is 11.5 Å². The van der Waals surface area contributed by atoms with Crippen molar-refractivity contribution in [2.24, 2.45) is 5.10 Å². The van der Waals surface area contributed by atoms with Crippen LogP contribution >= 0.6 is 12.2 Å². The summed E-state index contributed by atoms with van der Waals surface area (Å²) in [4.78, 5) is 14.3. The van der Waals surface area contributed by atoms with Gasteiger partial charge >= 0.3 is 5.97 Å². The van der Waals surface area contributed by atoms with Crippen LogP contribution in [0.3, 0.4) is 0 Å². The third kappa shape index (κ3) is 6.55. The number of esters is 1. The van der Waals surface area contributed by atoms with Crippen molar-refractivity contribution in [2.75, 3.05) is 46.5 Å². The first kappa shape index (κ1) is 21.8. The van der Waals surface area contributed by atoms with Gasteiger partial charge in [-0.2, -0.15) is 5.10 Å². The van der Waals surface area contributed by atoms with Gasteiger partial charge in [0.25, 0.3) is 0 Å². The molecule has 2 heterocycles. The Kier molecular flexibility index (Phi) is 8.19. The van der Waals surface area contributed by atoms with Crippen molar-refractivity contribution >= 4 is 29.5 Å². The van der Waals surface area contributed by atoms with Crippen LogP contribution in [0.4, 0.5) is 0 Å². The Hall–Kier alpha value is -2.95. The van der Waals surface area contributed by atoms with E-state index in [2.05, 4.69) is 20.7 Å². The largest absolute Gasteiger partial charge is 0.493 e. The van der Waals surface area contributed by atoms with Gasteiger partial charge in [-0.3, -0.25) is 10.3 Å². The minimum absolute atomic E-state index is 0.113. The highest BCUT2D eigenvalue weighted by atomic mass is 32.1. The Bertz CT molecular complexity index is 866. The van der Waals surface area contributed by atoms with Crippen molar-refractivity contribution in [1.82, 2.24) is 15.6 Å². The molecule has 0 saturated carbocycles. The van der Waals surface area contributed by atoms with Crippen LogP contribution in [-0.2, 0) is 4.74 Å². The summed E-state index contributed by atoms with van der Waals surface area (Å²) in [5, 5.41) is 7.68. The van der Waals surface area contributed by atoms with Gasteiger partial charge in [0.2, 0.25) is 5.76 Å². The lowest BCUT2D eigenvalue weighted by atomic mass is 10.2. The Balaban J connectivity index is 1.46. The first-order chi connectivity index (χ1) is 14.7. The fourth-order valence-electron chi connectivity index (χ4n) is 2.75. The Morgan fingerprint density at radius 3 is 2.87 bits per heavy atom. The molecule has 0 amide bonds. The van der Waals surface area contributed by atoms with Crippen LogP contribution in [0.25, 0.3) is 0 Å². The normalized spacial score (nSPS) is 14.4. The minimum Gasteiger partial charge on any atom is -0.493 e. The summed E-state index contributed by atoms with van der Waals surface area (Å²) in [5.74, 6) is 0.186. The highest BCUT2D eigenvalue weighted by molar-refractivity contribution is 7.80. The number of nitrogens with one attached hydrogen (secondary N) is 2. The SMILES string of the molecule is COc1cc(/C=N\NC(=S)NCCN2CCOCC2)ccc1OC(=O)c1ccco1. The van der Waals surface area contributed by atoms with E-state index in [4.69, 9.17) is 30.8 Å². The number of carbonyl (C=O) groups excluding carboxylic acids is 1. The van der Waals surface area contributed by atoms with Gasteiger partial charge in [-0.25, -0.2) is 4.79 Å². The number of carbonyl (C=O) groups is 1. The molecule has 0 bridgehead atoms. The molecule has 1 fully saturated rings. The molecule has 3 rings (SSSR count). The molecule has 9 nitrogen and oxygen atoms in total. The lowest BCUT2D eigenvalue weighted by molar-refractivity contribution is 0.0389. The molecule has 0 spiro atoms. The monoisotopic (exact) mass is 432 g/mol. The fraction of sp³-hybridized carbons (Fsp3) is 0.350. The van der Waals surface area contributed by atoms with Crippen LogP contribution in [-0.4, -0.2) is 68.7 Å². The molecular weight excluding hydrogens is 408 g/mol. The maximum Gasteiger partial charge on any atom is 0.379 e. The van der Waals surface area contributed by atoms with Gasteiger partial charge < -0.3 is 23.9 Å². The zero-order chi connectivity index (χ0) is 21.2. The second-order valence-electron chi connectivity index (χ2n) is 6.36. The summed E-state index contributed by atoms with van der Waals surface area (Å²) < 4.78 is 21.0. The van der Waals surface area contributed by atoms with Crippen LogP contribution < -0.4 is 20.2 Å². The molecule has 1 aromatic carbocycles. The van der Waals surface area contributed by atoms with Crippen molar-refractivity contribution < 1.29 is 23.4 Å². The van der Waals surface area contributed by atoms with Crippen LogP contribution in [0.15, 0.2) is 46.1 Å². The molecule has 0 aliphatic carbocycles. The van der Waals surface area contributed by atoms with Gasteiger partial charge in [-0.05, 0) is 48.1 Å². The molecule has 1 saturated heterocycles. The van der Waals surface area contributed by atoms with Crippen LogP contribution in [0.2, 0.25) is 0 Å². The first-order valence-electron chi connectivity index (χ1n) is 9.46. The molecule has 2 N–H and O–H groups in total. The van der Waals surface area contributed by atoms with Crippen molar-refractivity contribution in [3.63, 3.8) is 0 Å². The van der Waals surface area contributed by atoms with Crippen LogP contribution in [0.1, 0.15) is 16.1 Å². The molecule has 0 unspecified atom stereocenters. The number of morpholine rings is 1. The number of rotatable bonds is 8. The summed E-state index contributed by atoms with van der Waals surface area (Å²) in [5.41, 5.74) is 3.52. The van der Waals surface area contributed by atoms with E-state index in [0.717, 1.165) is 45.0 Å². The Labute approximate surface area is 180 Å². The molecule has 1 aliphatic rings. The van der Waals surface area contributed by atoms with Crippen molar-refractivity contribution in [3.8, 4) is 11.5 Å². The number of hydrogen-bond donors (Lipinski definition) is 2. The van der Waals surface area contributed by atoms with Gasteiger partial charge in [0.15, 0.2) is 16.6 Å². The number of ether oxygens (including phenoxy) is 3. The van der Waals surface area contributed by atoms with Gasteiger partial charge in [0, 0.05) is 26.2 Å². The first-order valence-corrected chi connectivity index (χ1v) is 9.87. The number of nitrogens with zero attached hydrogens (tertiary/aromatic N) is 2. The standard InChI is InChI=1S/C20H24N4O5S/c1-26-18-13-15(4-5-16(18)29-19(25)17-3-2-10-28-17)14-22-23-20(30)21-6-7-24-8-11-27-12-9-24/h2-5,10,13-14H,6-9,11-12H2,1H3,(H2,21,23,30)/b22-14-. The summed E-state index contributed by atoms with van der Waals surface area (Å²) in [6, 6.07) is 8.21. The zero-order valence-electron chi connectivity index (χ0n) is 16.6. The molecule has 2 aromatic rings. The quantitative estimate of drug-likeness (QED) is 0.212. The van der Waals surface area contributed by atoms with Gasteiger partial charge in [-0.1, -0.05) is 0 Å². The van der Waals surface area contributed by atoms with E-state index >= 15 is 0 Å². The smallest absolute Gasteiger partial charge is 0.379 e. The maximum absolute atomic E-state index is 12.0. The predicted octanol–water partition coefficient (Wildman–Crippen LogP) is 1.64. The van der Waals surface area contributed by atoms with E-state index in [-0.39, 0.29) is 11.5 Å². The molecule has 10 heteroatoms. The third-order valence-corrected chi connectivity index (χ3v) is 4.55. The number of methoxy groups -OCH3 is 1. The number of thiocarbonyl (C=S) groups is 1. The summed E-state index contributed by atoms with van der Waals surface area (Å²) in [7, 11) is 1.49. The number of hydrazone groups is 1. The number of benzene rings is 1. The van der Waals surface area contributed by atoms with E-state index < -0.39 is 5.97 Å². The summed E-state index contributed by atoms with van der Waals surface area (Å²) in [6.07, 6.45) is 3.00. The zero-order valence-corrected chi connectivity index (χ0v) is 17.4. The Morgan fingerprint density at radius 1 is 1.30 bits per heavy atom. The van der Waals surface area contributed by atoms with Crippen molar-refractivity contribution in [2.45, 2.75) is 0 Å². The number of hydrogen-bond acceptors (Lipinski definition) is 8. The van der Waals surface area contributed by atoms with E-state index in [9.17, 15) is 4.79 Å². The lowest BCUT2D eigenvalue weighted by Crippen LogP contribution is -2.42. The molecule has 0 atom stereocenters. The topological polar surface area (TPSA) is 97.6 Å². The second kappa shape index (κ2) is 11.3. The van der Waals surface area contributed by atoms with Gasteiger partial charge in [0.05, 0.1) is 32.8 Å². The van der Waals surface area contributed by atoms with E-state index in [1.165, 1.54) is 19.4 Å². The third-order valence-electron chi connectivity index (χ3n) is 4.31. The highest BCUT2D eigenvalue weighted by Crippen LogP contribution is 2.28. The highest BCUT2D eigenvalue weighted by Gasteiger charge is 2.15. The van der Waals surface area contributed by atoms with Crippen molar-refractivity contribution in [3.05, 3.63) is 47.9 Å². The van der Waals surface area contributed by atoms with E-state index in [0.29, 0.717) is 10.9 Å². The average Bonchev–Trinajstić information content (AvgIpc) is 3.30. The fourth-order valence-corrected chi connectivity index (χ4v) is 2.91. The Morgan fingerprint density at radius 2 is 2.13 bits per heavy atom. The van der Waals surface area contributed by atoms with E-state index in [1.54, 1.807) is 30.5 Å². The predicted molar refractivity (Wildman–Crippen MR) is 115 cm³/mol. The average molecular weight is 433 g/mol.